The summed E-state index contributed by atoms with van der Waals surface area (Å²) in [6.07, 6.45) is 4.51. The number of carbonyl (C=O) groups excluding carboxylic acids is 3. The molecule has 3 saturated heterocycles. The second-order valence-corrected chi connectivity index (χ2v) is 10.5. The summed E-state index contributed by atoms with van der Waals surface area (Å²) in [6, 6.07) is -0.845. The predicted molar refractivity (Wildman–Crippen MR) is 127 cm³/mol. The largest absolute Gasteiger partial charge is 0.466 e. The third-order valence-electron chi connectivity index (χ3n) is 7.24. The van der Waals surface area contributed by atoms with Crippen LogP contribution in [-0.4, -0.2) is 87.6 Å². The molecule has 3 rings (SSSR count). The van der Waals surface area contributed by atoms with Crippen LogP contribution < -0.4 is 0 Å². The van der Waals surface area contributed by atoms with Crippen LogP contribution in [0.4, 0.5) is 0 Å². The molecule has 3 aliphatic rings. The van der Waals surface area contributed by atoms with Gasteiger partial charge in [0.15, 0.2) is 0 Å². The van der Waals surface area contributed by atoms with E-state index in [0.717, 1.165) is 12.8 Å². The van der Waals surface area contributed by atoms with Crippen LogP contribution in [0.5, 0.6) is 0 Å². The minimum absolute atomic E-state index is 0.0127. The summed E-state index contributed by atoms with van der Waals surface area (Å²) >= 11 is 3.65. The van der Waals surface area contributed by atoms with E-state index in [2.05, 4.69) is 29.4 Å². The maximum atomic E-state index is 14.1. The van der Waals surface area contributed by atoms with Crippen molar-refractivity contribution in [1.29, 1.82) is 0 Å². The molecule has 8 nitrogen and oxygen atoms in total. The van der Waals surface area contributed by atoms with Gasteiger partial charge in [-0.3, -0.25) is 14.4 Å². The highest BCUT2D eigenvalue weighted by molar-refractivity contribution is 9.09. The molecular formula is C24H37BrN2O6. The molecule has 7 atom stereocenters. The molecule has 0 aromatic carbocycles. The summed E-state index contributed by atoms with van der Waals surface area (Å²) in [5.41, 5.74) is -1.07. The van der Waals surface area contributed by atoms with Gasteiger partial charge < -0.3 is 24.4 Å². The smallest absolute Gasteiger partial charge is 0.312 e. The minimum atomic E-state index is -1.07. The highest BCUT2D eigenvalue weighted by Crippen LogP contribution is 2.60. The number of ether oxygens (including phenoxy) is 2. The molecule has 0 saturated carbocycles. The standard InChI is InChI=1S/C24H37BrN2O6/c1-5-10-15(4)26(11-6-2)22(30)20-24-14-16(25)19(33-24)17(23(31)32-7-3)18(24)21(29)27(20)12-8-9-13-28/h6,15-20,28H,2,5,7-14H2,1,3-4H3/t15?,16?,17-,18-,19-,20?,24?/m0/s1. The number of likely N-dealkylation sites (tertiary alicyclic amines) is 1. The first-order valence-electron chi connectivity index (χ1n) is 12.1. The summed E-state index contributed by atoms with van der Waals surface area (Å²) in [6.45, 7) is 10.6. The highest BCUT2D eigenvalue weighted by atomic mass is 79.9. The Kier molecular flexibility index (Phi) is 8.61. The third kappa shape index (κ3) is 4.48. The molecule has 9 heteroatoms. The maximum Gasteiger partial charge on any atom is 0.312 e. The van der Waals surface area contributed by atoms with E-state index in [0.29, 0.717) is 32.4 Å². The molecule has 3 fully saturated rings. The average molecular weight is 529 g/mol. The normalized spacial score (nSPS) is 33.2. The number of alkyl halides is 1. The van der Waals surface area contributed by atoms with Gasteiger partial charge in [0, 0.05) is 30.6 Å². The van der Waals surface area contributed by atoms with Gasteiger partial charge in [0.25, 0.3) is 0 Å². The number of amides is 2. The molecule has 3 heterocycles. The van der Waals surface area contributed by atoms with Crippen LogP contribution in [0.2, 0.25) is 0 Å². The zero-order chi connectivity index (χ0) is 24.3. The molecule has 0 aromatic heterocycles. The summed E-state index contributed by atoms with van der Waals surface area (Å²) in [5, 5.41) is 9.26. The first kappa shape index (κ1) is 26.2. The van der Waals surface area contributed by atoms with Crippen molar-refractivity contribution in [3.05, 3.63) is 12.7 Å². The lowest BCUT2D eigenvalue weighted by Gasteiger charge is -2.39. The Labute approximate surface area is 204 Å². The molecule has 33 heavy (non-hydrogen) atoms. The fraction of sp³-hybridized carbons (Fsp3) is 0.792. The van der Waals surface area contributed by atoms with E-state index in [1.165, 1.54) is 0 Å². The van der Waals surface area contributed by atoms with Crippen molar-refractivity contribution >= 4 is 33.7 Å². The van der Waals surface area contributed by atoms with Crippen LogP contribution in [0.3, 0.4) is 0 Å². The number of esters is 1. The molecule has 2 bridgehead atoms. The number of carbonyl (C=O) groups is 3. The van der Waals surface area contributed by atoms with Crippen molar-refractivity contribution in [2.24, 2.45) is 11.8 Å². The molecule has 186 valence electrons. The van der Waals surface area contributed by atoms with E-state index in [4.69, 9.17) is 9.47 Å². The van der Waals surface area contributed by atoms with Gasteiger partial charge in [0.2, 0.25) is 11.8 Å². The first-order valence-corrected chi connectivity index (χ1v) is 13.0. The Bertz CT molecular complexity index is 763. The van der Waals surface area contributed by atoms with Crippen LogP contribution in [0.25, 0.3) is 0 Å². The Morgan fingerprint density at radius 1 is 1.42 bits per heavy atom. The van der Waals surface area contributed by atoms with Crippen molar-refractivity contribution in [2.45, 2.75) is 81.5 Å². The molecule has 3 aliphatic heterocycles. The molecular weight excluding hydrogens is 492 g/mol. The van der Waals surface area contributed by atoms with Gasteiger partial charge in [-0.15, -0.1) is 6.58 Å². The Morgan fingerprint density at radius 3 is 2.76 bits per heavy atom. The molecule has 0 aliphatic carbocycles. The van der Waals surface area contributed by atoms with Gasteiger partial charge >= 0.3 is 5.97 Å². The Morgan fingerprint density at radius 2 is 2.15 bits per heavy atom. The second kappa shape index (κ2) is 10.9. The summed E-state index contributed by atoms with van der Waals surface area (Å²) in [7, 11) is 0. The van der Waals surface area contributed by atoms with Gasteiger partial charge in [0.1, 0.15) is 11.6 Å². The summed E-state index contributed by atoms with van der Waals surface area (Å²) in [5.74, 6) is -2.33. The predicted octanol–water partition coefficient (Wildman–Crippen LogP) is 2.27. The lowest BCUT2D eigenvalue weighted by Crippen LogP contribution is -2.58. The number of unbranched alkanes of at least 4 members (excludes halogenated alkanes) is 1. The number of hydrogen-bond acceptors (Lipinski definition) is 6. The third-order valence-corrected chi connectivity index (χ3v) is 8.08. The van der Waals surface area contributed by atoms with Crippen molar-refractivity contribution in [3.8, 4) is 0 Å². The van der Waals surface area contributed by atoms with Crippen molar-refractivity contribution in [3.63, 3.8) is 0 Å². The number of aliphatic hydroxyl groups is 1. The number of fused-ring (bicyclic) bond motifs is 1. The molecule has 4 unspecified atom stereocenters. The van der Waals surface area contributed by atoms with Gasteiger partial charge in [-0.1, -0.05) is 35.4 Å². The number of halogens is 1. The molecule has 0 radical (unpaired) electrons. The first-order chi connectivity index (χ1) is 15.8. The quantitative estimate of drug-likeness (QED) is 0.180. The van der Waals surface area contributed by atoms with Crippen molar-refractivity contribution in [2.75, 3.05) is 26.3 Å². The van der Waals surface area contributed by atoms with Crippen LogP contribution in [0.1, 0.15) is 52.9 Å². The van der Waals surface area contributed by atoms with E-state index >= 15 is 0 Å². The fourth-order valence-electron chi connectivity index (χ4n) is 5.91. The zero-order valence-electron chi connectivity index (χ0n) is 19.9. The van der Waals surface area contributed by atoms with Crippen LogP contribution >= 0.6 is 15.9 Å². The number of rotatable bonds is 12. The van der Waals surface area contributed by atoms with Gasteiger partial charge in [-0.05, 0) is 39.5 Å². The van der Waals surface area contributed by atoms with E-state index in [1.807, 2.05) is 6.92 Å². The Balaban J connectivity index is 2.03. The van der Waals surface area contributed by atoms with Gasteiger partial charge in [-0.2, -0.15) is 0 Å². The fourth-order valence-corrected chi connectivity index (χ4v) is 6.85. The van der Waals surface area contributed by atoms with Gasteiger partial charge in [-0.25, -0.2) is 0 Å². The van der Waals surface area contributed by atoms with E-state index in [-0.39, 0.29) is 35.9 Å². The monoisotopic (exact) mass is 528 g/mol. The maximum absolute atomic E-state index is 14.1. The molecule has 1 N–H and O–H groups in total. The summed E-state index contributed by atoms with van der Waals surface area (Å²) < 4.78 is 11.8. The number of hydrogen-bond donors (Lipinski definition) is 1. The lowest BCUT2D eigenvalue weighted by molar-refractivity contribution is -0.155. The molecule has 2 amide bonds. The van der Waals surface area contributed by atoms with Crippen LogP contribution in [0.15, 0.2) is 12.7 Å². The summed E-state index contributed by atoms with van der Waals surface area (Å²) in [4.78, 5) is 44.0. The molecule has 1 spiro atoms. The van der Waals surface area contributed by atoms with E-state index in [9.17, 15) is 19.5 Å². The van der Waals surface area contributed by atoms with Crippen molar-refractivity contribution < 1.29 is 29.0 Å². The van der Waals surface area contributed by atoms with E-state index < -0.39 is 35.6 Å². The molecule has 0 aromatic rings. The van der Waals surface area contributed by atoms with Crippen LogP contribution in [-0.2, 0) is 23.9 Å². The minimum Gasteiger partial charge on any atom is -0.466 e. The second-order valence-electron chi connectivity index (χ2n) is 9.29. The number of aliphatic hydroxyl groups excluding tert-OH is 1. The van der Waals surface area contributed by atoms with E-state index in [1.54, 1.807) is 22.8 Å². The highest BCUT2D eigenvalue weighted by Gasteiger charge is 2.77. The van der Waals surface area contributed by atoms with Crippen LogP contribution in [0, 0.1) is 11.8 Å². The average Bonchev–Trinajstić information content (AvgIpc) is 3.36. The topological polar surface area (TPSA) is 96.4 Å². The van der Waals surface area contributed by atoms with Gasteiger partial charge in [0.05, 0.1) is 24.5 Å². The number of nitrogens with zero attached hydrogens (tertiary/aromatic N) is 2. The SMILES string of the molecule is C=CCN(C(=O)C1N(CCCCO)C(=O)[C@@H]2[C@H](C(=O)OCC)[C@H]3OC12CC3Br)C(C)CCC. The lowest BCUT2D eigenvalue weighted by atomic mass is 9.70. The Hall–Kier alpha value is -1.45. The zero-order valence-corrected chi connectivity index (χ0v) is 21.5. The van der Waals surface area contributed by atoms with Crippen molar-refractivity contribution in [1.82, 2.24) is 9.80 Å².